The Hall–Kier alpha value is -1.53. The van der Waals surface area contributed by atoms with Gasteiger partial charge in [0.05, 0.1) is 38.4 Å². The molecule has 28 heavy (non-hydrogen) atoms. The molecule has 5 nitrogen and oxygen atoms in total. The lowest BCUT2D eigenvalue weighted by atomic mass is 9.58. The van der Waals surface area contributed by atoms with Gasteiger partial charge in [0.2, 0.25) is 0 Å². The van der Waals surface area contributed by atoms with E-state index in [2.05, 4.69) is 6.58 Å². The second kappa shape index (κ2) is 8.87. The van der Waals surface area contributed by atoms with E-state index in [0.29, 0.717) is 32.8 Å². The predicted molar refractivity (Wildman–Crippen MR) is 107 cm³/mol. The van der Waals surface area contributed by atoms with Gasteiger partial charge in [-0.2, -0.15) is 0 Å². The molecule has 1 aromatic carbocycles. The summed E-state index contributed by atoms with van der Waals surface area (Å²) in [5, 5.41) is 11.0. The largest absolute Gasteiger partial charge is 0.392 e. The van der Waals surface area contributed by atoms with Gasteiger partial charge in [-0.05, 0) is 24.8 Å². The van der Waals surface area contributed by atoms with Crippen molar-refractivity contribution < 1.29 is 24.1 Å². The van der Waals surface area contributed by atoms with Crippen LogP contribution in [0.1, 0.15) is 38.7 Å². The summed E-state index contributed by atoms with van der Waals surface area (Å²) in [4.78, 5) is 12.8. The van der Waals surface area contributed by atoms with Crippen LogP contribution in [0.5, 0.6) is 0 Å². The summed E-state index contributed by atoms with van der Waals surface area (Å²) in [6.07, 6.45) is 2.43. The molecule has 4 atom stereocenters. The molecule has 2 aliphatic rings. The van der Waals surface area contributed by atoms with E-state index in [4.69, 9.17) is 14.2 Å². The highest BCUT2D eigenvalue weighted by Gasteiger charge is 2.51. The Morgan fingerprint density at radius 3 is 2.61 bits per heavy atom. The van der Waals surface area contributed by atoms with E-state index in [9.17, 15) is 9.90 Å². The molecule has 2 unspecified atom stereocenters. The van der Waals surface area contributed by atoms with Crippen LogP contribution in [-0.2, 0) is 25.6 Å². The number of hydrogen-bond acceptors (Lipinski definition) is 5. The van der Waals surface area contributed by atoms with E-state index >= 15 is 0 Å². The number of ether oxygens (including phenoxy) is 3. The number of Topliss-reactive ketones (excluding diaryl/α,β-unsaturated/α-hetero) is 1. The van der Waals surface area contributed by atoms with Gasteiger partial charge in [-0.15, -0.1) is 6.58 Å². The van der Waals surface area contributed by atoms with E-state index in [1.54, 1.807) is 0 Å². The molecule has 0 radical (unpaired) electrons. The second-order valence-corrected chi connectivity index (χ2v) is 8.35. The molecule has 1 saturated heterocycles. The highest BCUT2D eigenvalue weighted by molar-refractivity contribution is 5.83. The molecule has 0 bridgehead atoms. The number of carbonyl (C=O) groups is 1. The zero-order valence-electron chi connectivity index (χ0n) is 16.9. The fraction of sp³-hybridized carbons (Fsp3) is 0.609. The number of ketones is 1. The van der Waals surface area contributed by atoms with Crippen molar-refractivity contribution in [3.63, 3.8) is 0 Å². The number of carbonyl (C=O) groups excluding carboxylic acids is 1. The molecular weight excluding hydrogens is 356 g/mol. The third-order valence-corrected chi connectivity index (χ3v) is 6.37. The molecule has 1 aliphatic carbocycles. The van der Waals surface area contributed by atoms with Crippen LogP contribution in [0.15, 0.2) is 43.0 Å². The van der Waals surface area contributed by atoms with E-state index in [1.165, 1.54) is 0 Å². The van der Waals surface area contributed by atoms with Gasteiger partial charge < -0.3 is 19.3 Å². The molecule has 1 aliphatic heterocycles. The zero-order valence-corrected chi connectivity index (χ0v) is 16.9. The molecule has 1 N–H and O–H groups in total. The Morgan fingerprint density at radius 2 is 1.96 bits per heavy atom. The molecule has 0 aromatic heterocycles. The number of rotatable bonds is 8. The van der Waals surface area contributed by atoms with Gasteiger partial charge in [0.1, 0.15) is 5.78 Å². The van der Waals surface area contributed by atoms with Gasteiger partial charge in [0.15, 0.2) is 5.79 Å². The maximum atomic E-state index is 12.8. The second-order valence-electron chi connectivity index (χ2n) is 8.35. The first-order chi connectivity index (χ1) is 13.4. The normalized spacial score (nSPS) is 30.9. The van der Waals surface area contributed by atoms with Gasteiger partial charge >= 0.3 is 0 Å². The summed E-state index contributed by atoms with van der Waals surface area (Å²) in [5.41, 5.74) is 0.579. The minimum Gasteiger partial charge on any atom is -0.392 e. The number of hydrogen-bond donors (Lipinski definition) is 1. The zero-order chi connectivity index (χ0) is 20.2. The quantitative estimate of drug-likeness (QED) is 0.691. The van der Waals surface area contributed by atoms with Crippen LogP contribution >= 0.6 is 0 Å². The van der Waals surface area contributed by atoms with Crippen molar-refractivity contribution >= 4 is 5.78 Å². The SMILES string of the molecule is C=C[C@]1(C)C(C(O)CC2(C)OCCO2)C(=O)CC[C@H]1COCc1ccccc1. The molecule has 0 amide bonds. The lowest BCUT2D eigenvalue weighted by molar-refractivity contribution is -0.177. The van der Waals surface area contributed by atoms with Crippen LogP contribution < -0.4 is 0 Å². The highest BCUT2D eigenvalue weighted by Crippen LogP contribution is 2.48. The Morgan fingerprint density at radius 1 is 1.29 bits per heavy atom. The van der Waals surface area contributed by atoms with Crippen LogP contribution in [-0.4, -0.2) is 42.6 Å². The molecule has 1 aromatic rings. The molecule has 1 heterocycles. The molecule has 3 rings (SSSR count). The Kier molecular flexibility index (Phi) is 6.71. The monoisotopic (exact) mass is 388 g/mol. The highest BCUT2D eigenvalue weighted by atomic mass is 16.7. The molecule has 5 heteroatoms. The number of benzene rings is 1. The lowest BCUT2D eigenvalue weighted by Crippen LogP contribution is -2.51. The van der Waals surface area contributed by atoms with Crippen LogP contribution in [0.4, 0.5) is 0 Å². The van der Waals surface area contributed by atoms with Crippen LogP contribution in [0, 0.1) is 17.3 Å². The maximum absolute atomic E-state index is 12.8. The van der Waals surface area contributed by atoms with E-state index in [0.717, 1.165) is 12.0 Å². The molecular formula is C23H32O5. The summed E-state index contributed by atoms with van der Waals surface area (Å²) in [7, 11) is 0. The van der Waals surface area contributed by atoms with Crippen molar-refractivity contribution in [3.05, 3.63) is 48.6 Å². The van der Waals surface area contributed by atoms with Crippen molar-refractivity contribution in [1.82, 2.24) is 0 Å². The van der Waals surface area contributed by atoms with Gasteiger partial charge in [0, 0.05) is 18.3 Å². The standard InChI is InChI=1S/C23H32O5/c1-4-22(2)18(16-26-15-17-8-6-5-7-9-17)10-11-19(24)21(22)20(25)14-23(3)27-12-13-28-23/h4-9,18,20-21,25H,1,10-16H2,2-3H3/t18-,20?,21?,22-/m0/s1. The predicted octanol–water partition coefficient (Wildman–Crippen LogP) is 3.50. The van der Waals surface area contributed by atoms with Gasteiger partial charge in [0.25, 0.3) is 0 Å². The van der Waals surface area contributed by atoms with Crippen molar-refractivity contribution in [2.45, 2.75) is 51.6 Å². The lowest BCUT2D eigenvalue weighted by Gasteiger charge is -2.47. The smallest absolute Gasteiger partial charge is 0.168 e. The topological polar surface area (TPSA) is 65.0 Å². The van der Waals surface area contributed by atoms with Gasteiger partial charge in [-0.3, -0.25) is 4.79 Å². The summed E-state index contributed by atoms with van der Waals surface area (Å²) >= 11 is 0. The minimum absolute atomic E-state index is 0.0795. The maximum Gasteiger partial charge on any atom is 0.168 e. The first-order valence-corrected chi connectivity index (χ1v) is 10.1. The average molecular weight is 389 g/mol. The van der Waals surface area contributed by atoms with E-state index in [-0.39, 0.29) is 18.1 Å². The molecule has 154 valence electrons. The minimum atomic E-state index is -0.851. The summed E-state index contributed by atoms with van der Waals surface area (Å²) in [6.45, 7) is 9.92. The third-order valence-electron chi connectivity index (χ3n) is 6.37. The summed E-state index contributed by atoms with van der Waals surface area (Å²) < 4.78 is 17.3. The molecule has 2 fully saturated rings. The summed E-state index contributed by atoms with van der Waals surface area (Å²) in [5.74, 6) is -1.17. The van der Waals surface area contributed by atoms with E-state index < -0.39 is 23.2 Å². The van der Waals surface area contributed by atoms with Crippen molar-refractivity contribution in [2.75, 3.05) is 19.8 Å². The van der Waals surface area contributed by atoms with Crippen LogP contribution in [0.25, 0.3) is 0 Å². The third kappa shape index (κ3) is 4.54. The van der Waals surface area contributed by atoms with Gasteiger partial charge in [-0.1, -0.05) is 43.3 Å². The fourth-order valence-corrected chi connectivity index (χ4v) is 4.64. The molecule has 0 spiro atoms. The molecule has 1 saturated carbocycles. The number of aliphatic hydroxyl groups is 1. The van der Waals surface area contributed by atoms with E-state index in [1.807, 2.05) is 50.3 Å². The Bertz CT molecular complexity index is 667. The average Bonchev–Trinajstić information content (AvgIpc) is 3.10. The number of aliphatic hydroxyl groups excluding tert-OH is 1. The first-order valence-electron chi connectivity index (χ1n) is 10.1. The summed E-state index contributed by atoms with van der Waals surface area (Å²) in [6, 6.07) is 10.0. The first kappa shape index (κ1) is 21.2. The van der Waals surface area contributed by atoms with Gasteiger partial charge in [-0.25, -0.2) is 0 Å². The van der Waals surface area contributed by atoms with Crippen molar-refractivity contribution in [2.24, 2.45) is 17.3 Å². The van der Waals surface area contributed by atoms with Crippen molar-refractivity contribution in [1.29, 1.82) is 0 Å². The van der Waals surface area contributed by atoms with Crippen LogP contribution in [0.3, 0.4) is 0 Å². The Balaban J connectivity index is 1.68. The fourth-order valence-electron chi connectivity index (χ4n) is 4.64. The van der Waals surface area contributed by atoms with Crippen molar-refractivity contribution in [3.8, 4) is 0 Å². The van der Waals surface area contributed by atoms with Crippen LogP contribution in [0.2, 0.25) is 0 Å². The number of allylic oxidation sites excluding steroid dienone is 1. The Labute approximate surface area is 167 Å².